The molecule has 0 rings (SSSR count). The van der Waals surface area contributed by atoms with Crippen molar-refractivity contribution in [1.82, 2.24) is 4.72 Å². The van der Waals surface area contributed by atoms with Gasteiger partial charge in [-0.3, -0.25) is 8.98 Å². The van der Waals surface area contributed by atoms with E-state index in [0.29, 0.717) is 0 Å². The number of hydrogen-bond acceptors (Lipinski definition) is 4. The summed E-state index contributed by atoms with van der Waals surface area (Å²) in [4.78, 5) is 11.0. The molecule has 0 heterocycles. The summed E-state index contributed by atoms with van der Waals surface area (Å²) in [6, 6.07) is 0. The van der Waals surface area contributed by atoms with E-state index in [2.05, 4.69) is 4.18 Å². The number of nitrogens with one attached hydrogen (secondary N) is 1. The third-order valence-corrected chi connectivity index (χ3v) is 2.16. The summed E-state index contributed by atoms with van der Waals surface area (Å²) in [6.07, 6.45) is -0.475. The molecule has 0 aromatic carbocycles. The van der Waals surface area contributed by atoms with Crippen LogP contribution in [0.1, 0.15) is 27.7 Å². The fourth-order valence-corrected chi connectivity index (χ4v) is 1.56. The van der Waals surface area contributed by atoms with E-state index >= 15 is 0 Å². The maximum Gasteiger partial charge on any atom is 0.362 e. The Morgan fingerprint density at radius 2 is 1.69 bits per heavy atom. The van der Waals surface area contributed by atoms with Gasteiger partial charge in [0.05, 0.1) is 6.10 Å². The highest BCUT2D eigenvalue weighted by atomic mass is 32.2. The molecular formula is C7H15NO4S. The van der Waals surface area contributed by atoms with Gasteiger partial charge in [-0.05, 0) is 13.8 Å². The summed E-state index contributed by atoms with van der Waals surface area (Å²) in [5.74, 6) is -0.953. The molecule has 0 aliphatic heterocycles. The molecule has 0 saturated heterocycles. The van der Waals surface area contributed by atoms with E-state index in [4.69, 9.17) is 0 Å². The predicted molar refractivity (Wildman–Crippen MR) is 48.1 cm³/mol. The van der Waals surface area contributed by atoms with Gasteiger partial charge in [-0.1, -0.05) is 13.8 Å². The van der Waals surface area contributed by atoms with E-state index in [1.54, 1.807) is 32.4 Å². The number of hydrogen-bond donors (Lipinski definition) is 1. The lowest BCUT2D eigenvalue weighted by atomic mass is 10.2. The van der Waals surface area contributed by atoms with Crippen LogP contribution in [0.5, 0.6) is 0 Å². The van der Waals surface area contributed by atoms with E-state index in [9.17, 15) is 13.2 Å². The van der Waals surface area contributed by atoms with Gasteiger partial charge in [0, 0.05) is 5.92 Å². The van der Waals surface area contributed by atoms with E-state index < -0.39 is 22.3 Å². The van der Waals surface area contributed by atoms with Crippen LogP contribution >= 0.6 is 0 Å². The lowest BCUT2D eigenvalue weighted by Crippen LogP contribution is -2.36. The zero-order valence-corrected chi connectivity index (χ0v) is 9.01. The number of amides is 1. The molecule has 0 aromatic heterocycles. The Balaban J connectivity index is 4.27. The van der Waals surface area contributed by atoms with Crippen LogP contribution in [-0.2, 0) is 19.3 Å². The number of carbonyl (C=O) groups excluding carboxylic acids is 1. The molecule has 0 unspecified atom stereocenters. The molecule has 0 atom stereocenters. The van der Waals surface area contributed by atoms with Gasteiger partial charge >= 0.3 is 10.3 Å². The highest BCUT2D eigenvalue weighted by Gasteiger charge is 2.18. The Labute approximate surface area is 78.7 Å². The number of rotatable bonds is 4. The van der Waals surface area contributed by atoms with E-state index in [0.717, 1.165) is 0 Å². The summed E-state index contributed by atoms with van der Waals surface area (Å²) in [7, 11) is -3.92. The van der Waals surface area contributed by atoms with Crippen LogP contribution in [0.2, 0.25) is 0 Å². The standard InChI is InChI=1S/C7H15NO4S/c1-5(2)7(9)8-13(10,11)12-6(3)4/h5-6H,1-4H3,(H,8,9). The summed E-state index contributed by atoms with van der Waals surface area (Å²) in [6.45, 7) is 6.33. The first-order valence-corrected chi connectivity index (χ1v) is 5.40. The first-order valence-electron chi connectivity index (χ1n) is 3.99. The maximum absolute atomic E-state index is 11.0. The predicted octanol–water partition coefficient (Wildman–Crippen LogP) is 0.428. The quantitative estimate of drug-likeness (QED) is 0.728. The molecule has 0 bridgehead atoms. The molecule has 1 amide bonds. The summed E-state index contributed by atoms with van der Waals surface area (Å²) in [5, 5.41) is 0. The minimum absolute atomic E-state index is 0.384. The van der Waals surface area contributed by atoms with Crippen molar-refractivity contribution >= 4 is 16.2 Å². The Kier molecular flexibility index (Phi) is 4.35. The summed E-state index contributed by atoms with van der Waals surface area (Å²) >= 11 is 0. The summed E-state index contributed by atoms with van der Waals surface area (Å²) < 4.78 is 28.3. The van der Waals surface area contributed by atoms with E-state index in [1.807, 2.05) is 0 Å². The molecule has 78 valence electrons. The molecule has 0 aliphatic carbocycles. The molecular weight excluding hydrogens is 194 g/mol. The van der Waals surface area contributed by atoms with E-state index in [-0.39, 0.29) is 5.92 Å². The second kappa shape index (κ2) is 4.57. The van der Waals surface area contributed by atoms with Crippen LogP contribution in [0.25, 0.3) is 0 Å². The van der Waals surface area contributed by atoms with Crippen molar-refractivity contribution in [2.24, 2.45) is 5.92 Å². The van der Waals surface area contributed by atoms with Crippen molar-refractivity contribution in [1.29, 1.82) is 0 Å². The zero-order chi connectivity index (χ0) is 10.6. The van der Waals surface area contributed by atoms with E-state index in [1.165, 1.54) is 0 Å². The fraction of sp³-hybridized carbons (Fsp3) is 0.857. The van der Waals surface area contributed by atoms with Crippen molar-refractivity contribution in [2.75, 3.05) is 0 Å². The first kappa shape index (κ1) is 12.4. The molecule has 0 fully saturated rings. The smallest absolute Gasteiger partial charge is 0.274 e. The fourth-order valence-electron chi connectivity index (χ4n) is 0.518. The van der Waals surface area contributed by atoms with Gasteiger partial charge in [0.2, 0.25) is 5.91 Å². The Morgan fingerprint density at radius 1 is 1.23 bits per heavy atom. The van der Waals surface area contributed by atoms with Gasteiger partial charge in [-0.2, -0.15) is 8.42 Å². The molecule has 0 saturated carbocycles. The van der Waals surface area contributed by atoms with Crippen LogP contribution in [0.15, 0.2) is 0 Å². The normalized spacial score (nSPS) is 12.2. The van der Waals surface area contributed by atoms with Crippen LogP contribution in [0, 0.1) is 5.92 Å². The first-order chi connectivity index (χ1) is 5.74. The molecule has 0 spiro atoms. The maximum atomic E-state index is 11.0. The Hall–Kier alpha value is -0.620. The average molecular weight is 209 g/mol. The second-order valence-corrected chi connectivity index (χ2v) is 4.52. The topological polar surface area (TPSA) is 72.5 Å². The lowest BCUT2D eigenvalue weighted by Gasteiger charge is -2.10. The van der Waals surface area contributed by atoms with Gasteiger partial charge in [-0.15, -0.1) is 0 Å². The van der Waals surface area contributed by atoms with Gasteiger partial charge in [0.15, 0.2) is 0 Å². The van der Waals surface area contributed by atoms with Crippen molar-refractivity contribution in [2.45, 2.75) is 33.8 Å². The minimum Gasteiger partial charge on any atom is -0.274 e. The van der Waals surface area contributed by atoms with Crippen LogP contribution in [0.4, 0.5) is 0 Å². The molecule has 6 heteroatoms. The molecule has 1 N–H and O–H groups in total. The van der Waals surface area contributed by atoms with Crippen molar-refractivity contribution in [3.8, 4) is 0 Å². The van der Waals surface area contributed by atoms with Crippen LogP contribution in [0.3, 0.4) is 0 Å². The number of carbonyl (C=O) groups is 1. The highest BCUT2D eigenvalue weighted by Crippen LogP contribution is 1.98. The minimum atomic E-state index is -3.92. The molecule has 0 aromatic rings. The lowest BCUT2D eigenvalue weighted by molar-refractivity contribution is -0.122. The van der Waals surface area contributed by atoms with Gasteiger partial charge in [0.25, 0.3) is 0 Å². The monoisotopic (exact) mass is 209 g/mol. The van der Waals surface area contributed by atoms with Crippen molar-refractivity contribution in [3.05, 3.63) is 0 Å². The van der Waals surface area contributed by atoms with Crippen LogP contribution in [-0.4, -0.2) is 20.4 Å². The van der Waals surface area contributed by atoms with Crippen LogP contribution < -0.4 is 4.72 Å². The van der Waals surface area contributed by atoms with Crippen molar-refractivity contribution in [3.63, 3.8) is 0 Å². The van der Waals surface area contributed by atoms with Gasteiger partial charge in [0.1, 0.15) is 0 Å². The zero-order valence-electron chi connectivity index (χ0n) is 8.20. The third-order valence-electron chi connectivity index (χ3n) is 1.07. The highest BCUT2D eigenvalue weighted by molar-refractivity contribution is 7.85. The Bertz CT molecular complexity index is 268. The SMILES string of the molecule is CC(C)OS(=O)(=O)NC(=O)C(C)C. The van der Waals surface area contributed by atoms with Crippen molar-refractivity contribution < 1.29 is 17.4 Å². The average Bonchev–Trinajstić information content (AvgIpc) is 1.81. The molecule has 0 radical (unpaired) electrons. The molecule has 0 aliphatic rings. The summed E-state index contributed by atoms with van der Waals surface area (Å²) in [5.41, 5.74) is 0. The van der Waals surface area contributed by atoms with Gasteiger partial charge < -0.3 is 0 Å². The van der Waals surface area contributed by atoms with Gasteiger partial charge in [-0.25, -0.2) is 4.72 Å². The largest absolute Gasteiger partial charge is 0.362 e. The molecule has 13 heavy (non-hydrogen) atoms. The Morgan fingerprint density at radius 3 is 2.00 bits per heavy atom. The third kappa shape index (κ3) is 5.59. The molecule has 5 nitrogen and oxygen atoms in total. The second-order valence-electron chi connectivity index (χ2n) is 3.22.